The van der Waals surface area contributed by atoms with Gasteiger partial charge in [-0.1, -0.05) is 12.5 Å². The molecule has 0 saturated heterocycles. The average molecular weight is 230 g/mol. The second-order valence-corrected chi connectivity index (χ2v) is 6.33. The molecule has 15 heavy (non-hydrogen) atoms. The minimum Gasteiger partial charge on any atom is -0.295 e. The third kappa shape index (κ3) is 4.60. The lowest BCUT2D eigenvalue weighted by molar-refractivity contribution is -0.115. The first kappa shape index (κ1) is 12.4. The molecule has 0 radical (unpaired) electrons. The van der Waals surface area contributed by atoms with Crippen molar-refractivity contribution >= 4 is 15.6 Å². The molecule has 1 rings (SSSR count). The summed E-state index contributed by atoms with van der Waals surface area (Å²) < 4.78 is 22.9. The molecule has 86 valence electrons. The Balaban J connectivity index is 2.46. The Labute approximate surface area is 91.5 Å². The van der Waals surface area contributed by atoms with Crippen LogP contribution >= 0.6 is 0 Å². The number of carbonyl (C=O) groups excluding carboxylic acids is 1. The first-order valence-electron chi connectivity index (χ1n) is 5.46. The zero-order valence-corrected chi connectivity index (χ0v) is 9.98. The summed E-state index contributed by atoms with van der Waals surface area (Å²) in [5.74, 6) is 0.595. The highest BCUT2D eigenvalue weighted by Gasteiger charge is 2.14. The van der Waals surface area contributed by atoms with E-state index in [2.05, 4.69) is 0 Å². The van der Waals surface area contributed by atoms with Crippen molar-refractivity contribution in [3.8, 4) is 0 Å². The predicted molar refractivity (Wildman–Crippen MR) is 60.5 cm³/mol. The summed E-state index contributed by atoms with van der Waals surface area (Å²) >= 11 is 0. The molecule has 0 saturated carbocycles. The van der Waals surface area contributed by atoms with Crippen molar-refractivity contribution in [1.29, 1.82) is 0 Å². The third-order valence-electron chi connectivity index (χ3n) is 2.54. The lowest BCUT2D eigenvalue weighted by atomic mass is 9.97. The largest absolute Gasteiger partial charge is 0.295 e. The normalized spacial score (nSPS) is 17.7. The number of hydrogen-bond acceptors (Lipinski definition) is 3. The Morgan fingerprint density at radius 2 is 2.00 bits per heavy atom. The Morgan fingerprint density at radius 1 is 1.27 bits per heavy atom. The topological polar surface area (TPSA) is 51.2 Å². The summed E-state index contributed by atoms with van der Waals surface area (Å²) in [5.41, 5.74) is 1.01. The smallest absolute Gasteiger partial charge is 0.155 e. The summed E-state index contributed by atoms with van der Waals surface area (Å²) in [7, 11) is -2.90. The summed E-state index contributed by atoms with van der Waals surface area (Å²) in [6.07, 6.45) is 5.20. The van der Waals surface area contributed by atoms with E-state index in [4.69, 9.17) is 0 Å². The second kappa shape index (κ2) is 5.45. The maximum absolute atomic E-state index is 11.4. The Bertz CT molecular complexity index is 352. The number of sulfone groups is 1. The van der Waals surface area contributed by atoms with Crippen molar-refractivity contribution in [3.05, 3.63) is 11.6 Å². The molecular weight excluding hydrogens is 212 g/mol. The molecule has 0 aromatic rings. The van der Waals surface area contributed by atoms with Crippen LogP contribution in [0.2, 0.25) is 0 Å². The second-order valence-electron chi connectivity index (χ2n) is 4.02. The molecule has 0 atom stereocenters. The molecular formula is C11H18O3S. The van der Waals surface area contributed by atoms with E-state index in [-0.39, 0.29) is 17.3 Å². The molecule has 0 aromatic carbocycles. The molecule has 1 aliphatic rings. The van der Waals surface area contributed by atoms with E-state index in [0.29, 0.717) is 19.3 Å². The van der Waals surface area contributed by atoms with Gasteiger partial charge in [-0.3, -0.25) is 4.79 Å². The average Bonchev–Trinajstić information content (AvgIpc) is 2.15. The van der Waals surface area contributed by atoms with Gasteiger partial charge in [0.15, 0.2) is 15.6 Å². The van der Waals surface area contributed by atoms with Crippen LogP contribution in [0.15, 0.2) is 11.6 Å². The first-order chi connectivity index (χ1) is 7.03. The molecule has 0 amide bonds. The van der Waals surface area contributed by atoms with E-state index >= 15 is 0 Å². The predicted octanol–water partition coefficient (Wildman–Crippen LogP) is 1.88. The molecule has 0 bridgehead atoms. The van der Waals surface area contributed by atoms with Gasteiger partial charge < -0.3 is 0 Å². The number of ketones is 1. The van der Waals surface area contributed by atoms with Crippen molar-refractivity contribution in [1.82, 2.24) is 0 Å². The Morgan fingerprint density at radius 3 is 2.60 bits per heavy atom. The number of allylic oxidation sites excluding steroid dienone is 2. The lowest BCUT2D eigenvalue weighted by Gasteiger charge is -2.11. The highest BCUT2D eigenvalue weighted by atomic mass is 32.2. The molecule has 4 heteroatoms. The first-order valence-corrected chi connectivity index (χ1v) is 7.28. The van der Waals surface area contributed by atoms with Crippen LogP contribution in [0, 0.1) is 0 Å². The molecule has 3 nitrogen and oxygen atoms in total. The van der Waals surface area contributed by atoms with Gasteiger partial charge in [-0.05, 0) is 31.8 Å². The maximum Gasteiger partial charge on any atom is 0.155 e. The zero-order valence-electron chi connectivity index (χ0n) is 9.16. The van der Waals surface area contributed by atoms with Gasteiger partial charge in [0.05, 0.1) is 5.75 Å². The molecule has 0 aliphatic heterocycles. The summed E-state index contributed by atoms with van der Waals surface area (Å²) in [6, 6.07) is 0. The number of carbonyl (C=O) groups is 1. The van der Waals surface area contributed by atoms with Crippen LogP contribution in [-0.4, -0.2) is 25.7 Å². The van der Waals surface area contributed by atoms with Crippen molar-refractivity contribution < 1.29 is 13.2 Å². The van der Waals surface area contributed by atoms with E-state index in [0.717, 1.165) is 18.4 Å². The minimum absolute atomic E-state index is 0.143. The highest BCUT2D eigenvalue weighted by molar-refractivity contribution is 7.91. The van der Waals surface area contributed by atoms with Crippen molar-refractivity contribution in [2.75, 3.05) is 11.5 Å². The molecule has 0 heterocycles. The molecule has 0 N–H and O–H groups in total. The van der Waals surface area contributed by atoms with Gasteiger partial charge >= 0.3 is 0 Å². The monoisotopic (exact) mass is 230 g/mol. The van der Waals surface area contributed by atoms with E-state index < -0.39 is 9.84 Å². The van der Waals surface area contributed by atoms with Crippen LogP contribution in [0.25, 0.3) is 0 Å². The molecule has 0 aromatic heterocycles. The highest BCUT2D eigenvalue weighted by Crippen LogP contribution is 2.18. The van der Waals surface area contributed by atoms with Gasteiger partial charge in [0.25, 0.3) is 0 Å². The van der Waals surface area contributed by atoms with Gasteiger partial charge in [-0.15, -0.1) is 0 Å². The minimum atomic E-state index is -2.90. The van der Waals surface area contributed by atoms with E-state index in [9.17, 15) is 13.2 Å². The molecule has 0 unspecified atom stereocenters. The third-order valence-corrected chi connectivity index (χ3v) is 4.39. The SMILES string of the molecule is CCCS(=O)(=O)CCC1=CC(=O)CCC1. The zero-order chi connectivity index (χ0) is 11.3. The summed E-state index contributed by atoms with van der Waals surface area (Å²) in [6.45, 7) is 1.86. The van der Waals surface area contributed by atoms with Crippen LogP contribution in [-0.2, 0) is 14.6 Å². The fraction of sp³-hybridized carbons (Fsp3) is 0.727. The van der Waals surface area contributed by atoms with E-state index in [1.54, 1.807) is 6.08 Å². The lowest BCUT2D eigenvalue weighted by Crippen LogP contribution is -2.12. The van der Waals surface area contributed by atoms with Crippen LogP contribution in [0.4, 0.5) is 0 Å². The summed E-state index contributed by atoms with van der Waals surface area (Å²) in [5, 5.41) is 0. The van der Waals surface area contributed by atoms with Crippen molar-refractivity contribution in [2.24, 2.45) is 0 Å². The van der Waals surface area contributed by atoms with Gasteiger partial charge in [-0.2, -0.15) is 0 Å². The van der Waals surface area contributed by atoms with Gasteiger partial charge in [-0.25, -0.2) is 8.42 Å². The Hall–Kier alpha value is -0.640. The van der Waals surface area contributed by atoms with Crippen LogP contribution < -0.4 is 0 Å². The Kier molecular flexibility index (Phi) is 4.51. The van der Waals surface area contributed by atoms with Crippen molar-refractivity contribution in [3.63, 3.8) is 0 Å². The van der Waals surface area contributed by atoms with Gasteiger partial charge in [0.1, 0.15) is 0 Å². The number of rotatable bonds is 5. The molecule has 0 spiro atoms. The van der Waals surface area contributed by atoms with Crippen LogP contribution in [0.1, 0.15) is 39.0 Å². The fourth-order valence-electron chi connectivity index (χ4n) is 1.76. The van der Waals surface area contributed by atoms with E-state index in [1.165, 1.54) is 0 Å². The quantitative estimate of drug-likeness (QED) is 0.724. The van der Waals surface area contributed by atoms with E-state index in [1.807, 2.05) is 6.92 Å². The number of hydrogen-bond donors (Lipinski definition) is 0. The van der Waals surface area contributed by atoms with Gasteiger partial charge in [0.2, 0.25) is 0 Å². The van der Waals surface area contributed by atoms with Gasteiger partial charge in [0, 0.05) is 12.2 Å². The van der Waals surface area contributed by atoms with Crippen LogP contribution in [0.3, 0.4) is 0 Å². The fourth-order valence-corrected chi connectivity index (χ4v) is 3.16. The summed E-state index contributed by atoms with van der Waals surface area (Å²) in [4.78, 5) is 11.1. The van der Waals surface area contributed by atoms with Crippen molar-refractivity contribution in [2.45, 2.75) is 39.0 Å². The molecule has 0 fully saturated rings. The standard InChI is InChI=1S/C11H18O3S/c1-2-7-15(13,14)8-6-10-4-3-5-11(12)9-10/h9H,2-8H2,1H3. The van der Waals surface area contributed by atoms with Crippen LogP contribution in [0.5, 0.6) is 0 Å². The molecule has 1 aliphatic carbocycles. The maximum atomic E-state index is 11.4.